The van der Waals surface area contributed by atoms with Crippen molar-refractivity contribution in [3.8, 4) is 11.8 Å². The van der Waals surface area contributed by atoms with Crippen LogP contribution in [-0.2, 0) is 11.8 Å². The molecular weight excluding hydrogens is 290 g/mol. The number of aryl methyl sites for hydroxylation is 1. The molecule has 5 nitrogen and oxygen atoms in total. The molecule has 0 bridgehead atoms. The summed E-state index contributed by atoms with van der Waals surface area (Å²) in [7, 11) is 1.81. The summed E-state index contributed by atoms with van der Waals surface area (Å²) in [5, 5.41) is 9.42. The molecule has 2 aromatic carbocycles. The van der Waals surface area contributed by atoms with Crippen LogP contribution in [0.15, 0.2) is 54.6 Å². The van der Waals surface area contributed by atoms with Crippen LogP contribution in [0.1, 0.15) is 11.7 Å². The number of Topliss-reactive ketones (excluding diaryl/α,β-unsaturated/α-hetero) is 1. The number of nitriles is 1. The summed E-state index contributed by atoms with van der Waals surface area (Å²) in [4.78, 5) is 16.8. The van der Waals surface area contributed by atoms with Crippen molar-refractivity contribution in [2.24, 2.45) is 7.05 Å². The van der Waals surface area contributed by atoms with Gasteiger partial charge in [-0.05, 0) is 24.3 Å². The molecule has 0 saturated heterocycles. The normalized spacial score (nSPS) is 11.8. The zero-order valence-corrected chi connectivity index (χ0v) is 12.6. The van der Waals surface area contributed by atoms with Crippen LogP contribution in [0, 0.1) is 11.3 Å². The van der Waals surface area contributed by atoms with Gasteiger partial charge in [-0.1, -0.05) is 30.3 Å². The molecule has 0 N–H and O–H groups in total. The second kappa shape index (κ2) is 6.32. The maximum absolute atomic E-state index is 12.4. The topological polar surface area (TPSA) is 67.9 Å². The van der Waals surface area contributed by atoms with E-state index < -0.39 is 5.92 Å². The number of hydrogen-bond donors (Lipinski definition) is 0. The van der Waals surface area contributed by atoms with Crippen molar-refractivity contribution in [2.75, 3.05) is 6.61 Å². The Morgan fingerprint density at radius 3 is 2.61 bits per heavy atom. The van der Waals surface area contributed by atoms with Gasteiger partial charge >= 0.3 is 0 Å². The first-order chi connectivity index (χ1) is 11.2. The minimum atomic E-state index is -0.948. The van der Waals surface area contributed by atoms with Crippen LogP contribution >= 0.6 is 0 Å². The maximum atomic E-state index is 12.4. The average molecular weight is 305 g/mol. The Hall–Kier alpha value is -3.13. The molecule has 0 radical (unpaired) electrons. The van der Waals surface area contributed by atoms with Crippen LogP contribution < -0.4 is 4.74 Å². The molecule has 0 amide bonds. The molecule has 1 atom stereocenters. The molecule has 0 saturated carbocycles. The summed E-state index contributed by atoms with van der Waals surface area (Å²) in [6.07, 6.45) is 0. The van der Waals surface area contributed by atoms with E-state index in [0.29, 0.717) is 11.6 Å². The lowest BCUT2D eigenvalue weighted by Crippen LogP contribution is -2.21. The van der Waals surface area contributed by atoms with Gasteiger partial charge in [0.1, 0.15) is 18.2 Å². The Balaban J connectivity index is 1.82. The highest BCUT2D eigenvalue weighted by atomic mass is 16.5. The van der Waals surface area contributed by atoms with Crippen LogP contribution in [0.5, 0.6) is 5.75 Å². The Morgan fingerprint density at radius 2 is 1.91 bits per heavy atom. The number of nitrogens with zero attached hydrogens (tertiary/aromatic N) is 3. The Labute approximate surface area is 133 Å². The number of hydrogen-bond acceptors (Lipinski definition) is 4. The SMILES string of the molecule is Cn1c([C@H](C#N)C(=O)COc2ccccc2)nc2ccccc21. The number of ketones is 1. The van der Waals surface area contributed by atoms with Crippen LogP contribution in [0.25, 0.3) is 11.0 Å². The predicted molar refractivity (Wildman–Crippen MR) is 86.0 cm³/mol. The Morgan fingerprint density at radius 1 is 1.22 bits per heavy atom. The summed E-state index contributed by atoms with van der Waals surface area (Å²) in [5.41, 5.74) is 1.65. The maximum Gasteiger partial charge on any atom is 0.194 e. The van der Waals surface area contributed by atoms with E-state index in [1.54, 1.807) is 23.7 Å². The monoisotopic (exact) mass is 305 g/mol. The van der Waals surface area contributed by atoms with Gasteiger partial charge in [0.25, 0.3) is 0 Å². The first-order valence-electron chi connectivity index (χ1n) is 7.22. The zero-order valence-electron chi connectivity index (χ0n) is 12.6. The molecule has 114 valence electrons. The first-order valence-corrected chi connectivity index (χ1v) is 7.22. The highest BCUT2D eigenvalue weighted by Gasteiger charge is 2.26. The Bertz CT molecular complexity index is 878. The standard InChI is InChI=1S/C18H15N3O2/c1-21-16-10-6-5-9-15(16)20-18(21)14(11-19)17(22)12-23-13-7-3-2-4-8-13/h2-10,14H,12H2,1H3/t14-/m1/s1. The van der Waals surface area contributed by atoms with Crippen molar-refractivity contribution in [2.45, 2.75) is 5.92 Å². The van der Waals surface area contributed by atoms with E-state index in [9.17, 15) is 10.1 Å². The van der Waals surface area contributed by atoms with Gasteiger partial charge in [-0.25, -0.2) is 4.98 Å². The zero-order chi connectivity index (χ0) is 16.2. The predicted octanol–water partition coefficient (Wildman–Crippen LogP) is 2.83. The van der Waals surface area contributed by atoms with Crippen LogP contribution in [-0.4, -0.2) is 21.9 Å². The molecule has 3 rings (SSSR count). The molecule has 5 heteroatoms. The van der Waals surface area contributed by atoms with E-state index in [2.05, 4.69) is 4.98 Å². The van der Waals surface area contributed by atoms with Gasteiger partial charge in [-0.15, -0.1) is 0 Å². The molecule has 0 spiro atoms. The van der Waals surface area contributed by atoms with Crippen molar-refractivity contribution in [3.05, 3.63) is 60.4 Å². The van der Waals surface area contributed by atoms with Crippen molar-refractivity contribution in [1.29, 1.82) is 5.26 Å². The molecule has 0 aliphatic rings. The summed E-state index contributed by atoms with van der Waals surface area (Å²) < 4.78 is 7.23. The van der Waals surface area contributed by atoms with Gasteiger partial charge < -0.3 is 9.30 Å². The van der Waals surface area contributed by atoms with E-state index in [4.69, 9.17) is 4.74 Å². The van der Waals surface area contributed by atoms with Crippen LogP contribution in [0.4, 0.5) is 0 Å². The highest BCUT2D eigenvalue weighted by molar-refractivity contribution is 5.90. The number of ether oxygens (including phenoxy) is 1. The van der Waals surface area contributed by atoms with Gasteiger partial charge in [-0.3, -0.25) is 4.79 Å². The van der Waals surface area contributed by atoms with E-state index in [-0.39, 0.29) is 12.4 Å². The number of carbonyl (C=O) groups excluding carboxylic acids is 1. The number of para-hydroxylation sites is 3. The largest absolute Gasteiger partial charge is 0.486 e. The van der Waals surface area contributed by atoms with Gasteiger partial charge in [0, 0.05) is 7.05 Å². The van der Waals surface area contributed by atoms with E-state index in [0.717, 1.165) is 11.0 Å². The Kier molecular flexibility index (Phi) is 4.07. The molecule has 0 unspecified atom stereocenters. The van der Waals surface area contributed by atoms with Crippen molar-refractivity contribution < 1.29 is 9.53 Å². The van der Waals surface area contributed by atoms with E-state index in [1.165, 1.54) is 0 Å². The number of fused-ring (bicyclic) bond motifs is 1. The number of benzene rings is 2. The third kappa shape index (κ3) is 2.92. The fraction of sp³-hybridized carbons (Fsp3) is 0.167. The van der Waals surface area contributed by atoms with Crippen molar-refractivity contribution in [1.82, 2.24) is 9.55 Å². The van der Waals surface area contributed by atoms with E-state index >= 15 is 0 Å². The minimum absolute atomic E-state index is 0.161. The second-order valence-electron chi connectivity index (χ2n) is 5.15. The molecular formula is C18H15N3O2. The molecule has 1 heterocycles. The summed E-state index contributed by atoms with van der Waals surface area (Å²) >= 11 is 0. The lowest BCUT2D eigenvalue weighted by Gasteiger charge is -2.10. The lowest BCUT2D eigenvalue weighted by atomic mass is 10.1. The molecule has 0 aliphatic heterocycles. The number of rotatable bonds is 5. The van der Waals surface area contributed by atoms with Gasteiger partial charge in [0.15, 0.2) is 11.7 Å². The fourth-order valence-corrected chi connectivity index (χ4v) is 2.45. The summed E-state index contributed by atoms with van der Waals surface area (Å²) in [5.74, 6) is -0.219. The highest BCUT2D eigenvalue weighted by Crippen LogP contribution is 2.21. The third-order valence-corrected chi connectivity index (χ3v) is 3.66. The summed E-state index contributed by atoms with van der Waals surface area (Å²) in [6, 6.07) is 18.6. The molecule has 0 aliphatic carbocycles. The van der Waals surface area contributed by atoms with Gasteiger partial charge in [0.05, 0.1) is 17.1 Å². The van der Waals surface area contributed by atoms with Gasteiger partial charge in [-0.2, -0.15) is 5.26 Å². The van der Waals surface area contributed by atoms with Crippen LogP contribution in [0.2, 0.25) is 0 Å². The molecule has 1 aromatic heterocycles. The van der Waals surface area contributed by atoms with E-state index in [1.807, 2.05) is 48.5 Å². The second-order valence-corrected chi connectivity index (χ2v) is 5.15. The number of aromatic nitrogens is 2. The van der Waals surface area contributed by atoms with Crippen LogP contribution in [0.3, 0.4) is 0 Å². The summed E-state index contributed by atoms with van der Waals surface area (Å²) in [6.45, 7) is -0.161. The molecule has 23 heavy (non-hydrogen) atoms. The van der Waals surface area contributed by atoms with Crippen molar-refractivity contribution >= 4 is 16.8 Å². The van der Waals surface area contributed by atoms with Crippen molar-refractivity contribution in [3.63, 3.8) is 0 Å². The fourth-order valence-electron chi connectivity index (χ4n) is 2.45. The average Bonchev–Trinajstić information content (AvgIpc) is 2.92. The molecule has 0 fully saturated rings. The third-order valence-electron chi connectivity index (χ3n) is 3.66. The lowest BCUT2D eigenvalue weighted by molar-refractivity contribution is -0.121. The quantitative estimate of drug-likeness (QED) is 0.727. The first kappa shape index (κ1) is 14.8. The molecule has 3 aromatic rings. The van der Waals surface area contributed by atoms with Gasteiger partial charge in [0.2, 0.25) is 0 Å². The minimum Gasteiger partial charge on any atom is -0.486 e. The number of imidazole rings is 1. The smallest absolute Gasteiger partial charge is 0.194 e. The number of carbonyl (C=O) groups is 1.